The smallest absolute Gasteiger partial charge is 0.534 e. The Bertz CT molecular complexity index is 1370. The van der Waals surface area contributed by atoms with Gasteiger partial charge in [-0.3, -0.25) is 0 Å². The van der Waals surface area contributed by atoms with E-state index < -0.39 is 32.3 Å². The maximum Gasteiger partial charge on any atom is 0.534 e. The van der Waals surface area contributed by atoms with Crippen LogP contribution in [0.4, 0.5) is 13.2 Å². The summed E-state index contributed by atoms with van der Waals surface area (Å²) in [6, 6.07) is 7.63. The molecular weight excluding hydrogens is 550 g/mol. The molecule has 1 aliphatic rings. The average molecular weight is 589 g/mol. The van der Waals surface area contributed by atoms with E-state index in [2.05, 4.69) is 71.9 Å². The van der Waals surface area contributed by atoms with E-state index in [4.69, 9.17) is 8.85 Å². The minimum atomic E-state index is -5.77. The first-order chi connectivity index (χ1) is 17.0. The van der Waals surface area contributed by atoms with E-state index in [0.29, 0.717) is 28.9 Å². The van der Waals surface area contributed by atoms with Gasteiger partial charge in [0, 0.05) is 17.2 Å². The number of hydrogen-bond acceptors (Lipinski definition) is 5. The van der Waals surface area contributed by atoms with Gasteiger partial charge in [0.2, 0.25) is 0 Å². The van der Waals surface area contributed by atoms with E-state index in [9.17, 15) is 21.6 Å². The summed E-state index contributed by atoms with van der Waals surface area (Å²) < 4.78 is 80.5. The van der Waals surface area contributed by atoms with Gasteiger partial charge in [0.25, 0.3) is 16.6 Å². The van der Waals surface area contributed by atoms with Crippen LogP contribution in [0.1, 0.15) is 59.1 Å². The molecule has 0 saturated carbocycles. The molecule has 0 radical (unpaired) electrons. The minimum Gasteiger partial charge on any atom is -0.543 e. The summed E-state index contributed by atoms with van der Waals surface area (Å²) in [4.78, 5) is 0. The SMILES string of the molecule is CC(C)(C)[Si](C)(C)Oc1ccc(O[Si](C)(C)C(C)(C)C)c2c3c(ccc12)CCC(OS(=O)(=O)C(F)(F)F)=C3. The zero-order chi connectivity index (χ0) is 29.1. The van der Waals surface area contributed by atoms with Crippen molar-refractivity contribution in [2.24, 2.45) is 0 Å². The maximum absolute atomic E-state index is 13.0. The van der Waals surface area contributed by atoms with Crippen molar-refractivity contribution in [3.05, 3.63) is 41.2 Å². The van der Waals surface area contributed by atoms with Gasteiger partial charge in [0.15, 0.2) is 0 Å². The van der Waals surface area contributed by atoms with E-state index in [1.165, 1.54) is 6.08 Å². The zero-order valence-electron chi connectivity index (χ0n) is 23.9. The van der Waals surface area contributed by atoms with Crippen LogP contribution >= 0.6 is 0 Å². The maximum atomic E-state index is 13.0. The second-order valence-corrected chi connectivity index (χ2v) is 23.9. The molecule has 0 aromatic heterocycles. The molecule has 5 nitrogen and oxygen atoms in total. The molecule has 0 fully saturated rings. The first kappa shape index (κ1) is 30.6. The van der Waals surface area contributed by atoms with Crippen LogP contribution in [0, 0.1) is 0 Å². The van der Waals surface area contributed by atoms with Gasteiger partial charge < -0.3 is 13.0 Å². The number of halogens is 3. The van der Waals surface area contributed by atoms with Crippen molar-refractivity contribution >= 4 is 43.6 Å². The first-order valence-electron chi connectivity index (χ1n) is 12.6. The summed E-state index contributed by atoms with van der Waals surface area (Å²) in [5.74, 6) is 1.01. The van der Waals surface area contributed by atoms with Gasteiger partial charge in [-0.25, -0.2) is 0 Å². The Hall–Kier alpha value is -1.99. The Labute approximate surface area is 226 Å². The summed E-state index contributed by atoms with van der Waals surface area (Å²) in [5, 5.41) is 1.29. The van der Waals surface area contributed by atoms with Crippen LogP contribution in [0.25, 0.3) is 16.8 Å². The highest BCUT2D eigenvalue weighted by Crippen LogP contribution is 2.46. The molecule has 3 rings (SSSR count). The fourth-order valence-corrected chi connectivity index (χ4v) is 6.18. The summed E-state index contributed by atoms with van der Waals surface area (Å²) in [7, 11) is -10.3. The normalized spacial score (nSPS) is 15.7. The zero-order valence-corrected chi connectivity index (χ0v) is 26.7. The third-order valence-corrected chi connectivity index (χ3v) is 17.7. The van der Waals surface area contributed by atoms with Crippen molar-refractivity contribution in [2.75, 3.05) is 0 Å². The van der Waals surface area contributed by atoms with Crippen LogP contribution in [0.15, 0.2) is 30.0 Å². The average Bonchev–Trinajstić information content (AvgIpc) is 2.72. The van der Waals surface area contributed by atoms with Crippen molar-refractivity contribution < 1.29 is 34.6 Å². The molecule has 2 aromatic rings. The summed E-state index contributed by atoms with van der Waals surface area (Å²) >= 11 is 0. The molecule has 212 valence electrons. The molecular formula is C27H39F3O5SSi2. The number of fused-ring (bicyclic) bond motifs is 3. The Balaban J connectivity index is 2.28. The van der Waals surface area contributed by atoms with Crippen LogP contribution in [-0.4, -0.2) is 30.6 Å². The number of hydrogen-bond donors (Lipinski definition) is 0. The third kappa shape index (κ3) is 5.94. The molecule has 0 N–H and O–H groups in total. The van der Waals surface area contributed by atoms with Crippen LogP contribution in [0.3, 0.4) is 0 Å². The molecule has 0 saturated heterocycles. The molecule has 1 aliphatic carbocycles. The lowest BCUT2D eigenvalue weighted by Gasteiger charge is -2.38. The van der Waals surface area contributed by atoms with Gasteiger partial charge in [-0.05, 0) is 72.0 Å². The van der Waals surface area contributed by atoms with E-state index in [1.54, 1.807) is 0 Å². The highest BCUT2D eigenvalue weighted by molar-refractivity contribution is 7.87. The Morgan fingerprint density at radius 2 is 1.26 bits per heavy atom. The van der Waals surface area contributed by atoms with Crippen molar-refractivity contribution in [1.82, 2.24) is 0 Å². The quantitative estimate of drug-likeness (QED) is 0.192. The largest absolute Gasteiger partial charge is 0.543 e. The number of rotatable bonds is 6. The predicted molar refractivity (Wildman–Crippen MR) is 152 cm³/mol. The lowest BCUT2D eigenvalue weighted by atomic mass is 9.91. The molecule has 0 unspecified atom stereocenters. The van der Waals surface area contributed by atoms with Gasteiger partial charge in [0.05, 0.1) is 0 Å². The van der Waals surface area contributed by atoms with E-state index >= 15 is 0 Å². The van der Waals surface area contributed by atoms with Crippen LogP contribution in [-0.2, 0) is 20.7 Å². The van der Waals surface area contributed by atoms with Gasteiger partial charge in [-0.15, -0.1) is 0 Å². The van der Waals surface area contributed by atoms with Gasteiger partial charge in [0.1, 0.15) is 17.3 Å². The molecule has 0 amide bonds. The highest BCUT2D eigenvalue weighted by atomic mass is 32.2. The number of alkyl halides is 3. The molecule has 0 bridgehead atoms. The lowest BCUT2D eigenvalue weighted by molar-refractivity contribution is -0.0522. The molecule has 0 spiro atoms. The van der Waals surface area contributed by atoms with E-state index in [0.717, 1.165) is 10.9 Å². The fourth-order valence-electron chi connectivity index (χ4n) is 3.62. The summed E-state index contributed by atoms with van der Waals surface area (Å²) in [6.07, 6.45) is 1.77. The number of aryl methyl sites for hydroxylation is 1. The molecule has 0 atom stereocenters. The van der Waals surface area contributed by atoms with Crippen molar-refractivity contribution in [3.8, 4) is 11.5 Å². The summed E-state index contributed by atoms with van der Waals surface area (Å²) in [6.45, 7) is 21.3. The second kappa shape index (κ2) is 9.58. The third-order valence-electron chi connectivity index (χ3n) is 8.02. The summed E-state index contributed by atoms with van der Waals surface area (Å²) in [5.41, 5.74) is -4.04. The Kier molecular flexibility index (Phi) is 7.71. The van der Waals surface area contributed by atoms with E-state index in [-0.39, 0.29) is 22.3 Å². The van der Waals surface area contributed by atoms with Crippen LogP contribution < -0.4 is 8.85 Å². The molecule has 0 aliphatic heterocycles. The van der Waals surface area contributed by atoms with Crippen molar-refractivity contribution in [2.45, 2.75) is 96.2 Å². The Morgan fingerprint density at radius 1 is 0.763 bits per heavy atom. The molecule has 2 aromatic carbocycles. The topological polar surface area (TPSA) is 61.8 Å². The van der Waals surface area contributed by atoms with Gasteiger partial charge in [-0.2, -0.15) is 21.6 Å². The number of benzene rings is 2. The van der Waals surface area contributed by atoms with Gasteiger partial charge >= 0.3 is 15.6 Å². The second-order valence-electron chi connectivity index (χ2n) is 12.9. The van der Waals surface area contributed by atoms with Gasteiger partial charge in [-0.1, -0.05) is 53.7 Å². The highest BCUT2D eigenvalue weighted by Gasteiger charge is 2.49. The van der Waals surface area contributed by atoms with Crippen LogP contribution in [0.2, 0.25) is 36.3 Å². The standard InChI is InChI=1S/C27H39F3O5SSi2/c1-25(2,3)37(7,8)34-22-15-16-23(35-38(9,10)26(4,5)6)24-20(22)14-12-18-11-13-19(17-21(18)24)33-36(31,32)27(28,29)30/h12,14-17H,11,13H2,1-10H3. The molecule has 0 heterocycles. The van der Waals surface area contributed by atoms with Crippen molar-refractivity contribution in [1.29, 1.82) is 0 Å². The van der Waals surface area contributed by atoms with E-state index in [1.807, 2.05) is 24.3 Å². The predicted octanol–water partition coefficient (Wildman–Crippen LogP) is 8.76. The minimum absolute atomic E-state index is 0.0341. The monoisotopic (exact) mass is 588 g/mol. The molecule has 11 heteroatoms. The van der Waals surface area contributed by atoms with Crippen LogP contribution in [0.5, 0.6) is 11.5 Å². The lowest BCUT2D eigenvalue weighted by Crippen LogP contribution is -2.44. The van der Waals surface area contributed by atoms with Crippen molar-refractivity contribution in [3.63, 3.8) is 0 Å². The first-order valence-corrected chi connectivity index (χ1v) is 19.9. The Morgan fingerprint density at radius 3 is 1.76 bits per heavy atom. The fraction of sp³-hybridized carbons (Fsp3) is 0.556. The number of allylic oxidation sites excluding steroid dienone is 1. The molecule has 38 heavy (non-hydrogen) atoms.